The molecule has 4 aromatic rings. The Morgan fingerprint density at radius 1 is 1.08 bits per heavy atom. The molecule has 0 amide bonds. The lowest BCUT2D eigenvalue weighted by Gasteiger charge is -2.29. The Morgan fingerprint density at radius 3 is 2.72 bits per heavy atom. The number of aromatic nitrogens is 2. The van der Waals surface area contributed by atoms with Crippen LogP contribution in [0.3, 0.4) is 0 Å². The average molecular weight is 522 g/mol. The lowest BCUT2D eigenvalue weighted by Crippen LogP contribution is -2.26. The molecule has 2 fully saturated rings. The van der Waals surface area contributed by atoms with Crippen molar-refractivity contribution in [3.63, 3.8) is 0 Å². The topological polar surface area (TPSA) is 67.6 Å². The second kappa shape index (κ2) is 9.83. The monoisotopic (exact) mass is 521 g/mol. The van der Waals surface area contributed by atoms with E-state index in [1.165, 1.54) is 65.4 Å². The van der Waals surface area contributed by atoms with E-state index in [0.29, 0.717) is 17.4 Å². The van der Waals surface area contributed by atoms with Gasteiger partial charge in [-0.05, 0) is 90.7 Å². The first-order valence-electron chi connectivity index (χ1n) is 14.3. The zero-order valence-electron chi connectivity index (χ0n) is 22.5. The molecule has 1 N–H and O–H groups in total. The predicted octanol–water partition coefficient (Wildman–Crippen LogP) is 7.03. The number of carbonyl (C=O) groups is 1. The van der Waals surface area contributed by atoms with Crippen LogP contribution in [0, 0.1) is 5.92 Å². The van der Waals surface area contributed by atoms with Crippen LogP contribution in [0.1, 0.15) is 77.5 Å². The molecule has 2 atom stereocenters. The highest BCUT2D eigenvalue weighted by atomic mass is 16.5. The van der Waals surface area contributed by atoms with E-state index in [1.807, 2.05) is 24.5 Å². The van der Waals surface area contributed by atoms with Crippen LogP contribution >= 0.6 is 0 Å². The van der Waals surface area contributed by atoms with Crippen molar-refractivity contribution in [3.05, 3.63) is 83.2 Å². The van der Waals surface area contributed by atoms with Crippen molar-refractivity contribution in [1.29, 1.82) is 0 Å². The highest BCUT2D eigenvalue weighted by Crippen LogP contribution is 2.52. The minimum atomic E-state index is -0.869. The van der Waals surface area contributed by atoms with Crippen LogP contribution in [0.15, 0.2) is 60.9 Å². The summed E-state index contributed by atoms with van der Waals surface area (Å²) >= 11 is 0. The fourth-order valence-electron chi connectivity index (χ4n) is 7.63. The number of ether oxygens (including phenoxy) is 1. The number of hydrogen-bond donors (Lipinski definition) is 1. The zero-order valence-corrected chi connectivity index (χ0v) is 22.5. The van der Waals surface area contributed by atoms with Crippen LogP contribution in [-0.4, -0.2) is 39.2 Å². The summed E-state index contributed by atoms with van der Waals surface area (Å²) in [5, 5.41) is 11.1. The van der Waals surface area contributed by atoms with Crippen molar-refractivity contribution in [2.45, 2.75) is 63.6 Å². The molecule has 0 bridgehead atoms. The number of hydrogen-bond acceptors (Lipinski definition) is 4. The molecule has 39 heavy (non-hydrogen) atoms. The number of carboxylic acid groups (broad SMARTS) is 1. The van der Waals surface area contributed by atoms with Crippen molar-refractivity contribution in [2.24, 2.45) is 5.92 Å². The summed E-state index contributed by atoms with van der Waals surface area (Å²) in [7, 11) is 1.75. The molecule has 2 aromatic heterocycles. The number of likely N-dealkylation sites (tertiary alicyclic amines) is 1. The fraction of sp³-hybridized carbons (Fsp3) is 0.394. The van der Waals surface area contributed by atoms with Gasteiger partial charge in [0.05, 0.1) is 18.4 Å². The van der Waals surface area contributed by atoms with E-state index in [0.717, 1.165) is 37.3 Å². The van der Waals surface area contributed by atoms with Gasteiger partial charge >= 0.3 is 5.97 Å². The number of rotatable bonds is 5. The normalized spacial score (nSPS) is 21.3. The van der Waals surface area contributed by atoms with E-state index in [2.05, 4.69) is 44.8 Å². The maximum absolute atomic E-state index is 12.0. The van der Waals surface area contributed by atoms with Crippen LogP contribution < -0.4 is 4.74 Å². The Hall–Kier alpha value is -3.64. The molecule has 4 heterocycles. The van der Waals surface area contributed by atoms with Crippen molar-refractivity contribution in [2.75, 3.05) is 13.7 Å². The number of aromatic carboxylic acids is 1. The minimum absolute atomic E-state index is 0.257. The fourth-order valence-corrected chi connectivity index (χ4v) is 7.63. The summed E-state index contributed by atoms with van der Waals surface area (Å²) in [6.07, 6.45) is 11.1. The number of benzene rings is 2. The van der Waals surface area contributed by atoms with E-state index in [4.69, 9.17) is 4.74 Å². The molecule has 1 aliphatic carbocycles. The van der Waals surface area contributed by atoms with Gasteiger partial charge in [0.25, 0.3) is 0 Å². The number of fused-ring (bicyclic) bond motifs is 7. The molecular weight excluding hydrogens is 486 g/mol. The molecule has 1 saturated carbocycles. The summed E-state index contributed by atoms with van der Waals surface area (Å²) in [6, 6.07) is 16.8. The smallest absolute Gasteiger partial charge is 0.335 e. The van der Waals surface area contributed by atoms with Crippen molar-refractivity contribution >= 4 is 16.9 Å². The molecule has 0 spiro atoms. The summed E-state index contributed by atoms with van der Waals surface area (Å²) in [5.41, 5.74) is 7.98. The van der Waals surface area contributed by atoms with Gasteiger partial charge in [-0.25, -0.2) is 4.79 Å². The Kier molecular flexibility index (Phi) is 6.15. The van der Waals surface area contributed by atoms with Crippen LogP contribution in [0.4, 0.5) is 0 Å². The molecule has 3 aliphatic rings. The van der Waals surface area contributed by atoms with Crippen molar-refractivity contribution in [1.82, 2.24) is 14.5 Å². The SMILES string of the molecule is COc1ccc2c(c1)C1C(CCN1Cc1cccnc1)Cn1c-2c(C2CCCCC2)c2ccc(C(=O)O)cc21. The van der Waals surface area contributed by atoms with Gasteiger partial charge in [0, 0.05) is 48.0 Å². The second-order valence-electron chi connectivity index (χ2n) is 11.5. The standard InChI is InChI=1S/C33H35N3O3/c1-39-25-10-12-26-28(17-25)31-24(13-15-35(31)19-21-6-5-14-34-18-21)20-36-29-16-23(33(37)38)9-11-27(29)30(32(26)36)22-7-3-2-4-8-22/h5-6,9-12,14,16-18,22,24,31H,2-4,7-8,13,15,19-20H2,1H3,(H,37,38). The molecule has 7 rings (SSSR count). The van der Waals surface area contributed by atoms with Gasteiger partial charge in [0.2, 0.25) is 0 Å². The predicted molar refractivity (Wildman–Crippen MR) is 152 cm³/mol. The van der Waals surface area contributed by atoms with Crippen LogP contribution in [0.5, 0.6) is 5.75 Å². The van der Waals surface area contributed by atoms with Gasteiger partial charge in [-0.15, -0.1) is 0 Å². The molecule has 2 aliphatic heterocycles. The zero-order chi connectivity index (χ0) is 26.5. The van der Waals surface area contributed by atoms with E-state index >= 15 is 0 Å². The maximum atomic E-state index is 12.0. The molecule has 1 saturated heterocycles. The van der Waals surface area contributed by atoms with Gasteiger partial charge in [-0.3, -0.25) is 9.88 Å². The Balaban J connectivity index is 1.46. The van der Waals surface area contributed by atoms with Gasteiger partial charge in [0.1, 0.15) is 5.75 Å². The summed E-state index contributed by atoms with van der Waals surface area (Å²) < 4.78 is 8.24. The van der Waals surface area contributed by atoms with Gasteiger partial charge in [-0.1, -0.05) is 31.4 Å². The Bertz CT molecular complexity index is 1540. The average Bonchev–Trinajstić information content (AvgIpc) is 3.47. The summed E-state index contributed by atoms with van der Waals surface area (Å²) in [6.45, 7) is 2.76. The van der Waals surface area contributed by atoms with Gasteiger partial charge in [-0.2, -0.15) is 0 Å². The third-order valence-corrected chi connectivity index (χ3v) is 9.35. The first-order valence-corrected chi connectivity index (χ1v) is 14.3. The van der Waals surface area contributed by atoms with E-state index in [1.54, 1.807) is 13.2 Å². The number of methoxy groups -OCH3 is 1. The van der Waals surface area contributed by atoms with Crippen molar-refractivity contribution < 1.29 is 14.6 Å². The molecule has 6 heteroatoms. The third kappa shape index (κ3) is 4.13. The molecular formula is C33H35N3O3. The van der Waals surface area contributed by atoms with Crippen molar-refractivity contribution in [3.8, 4) is 17.0 Å². The molecule has 2 unspecified atom stereocenters. The van der Waals surface area contributed by atoms with Crippen LogP contribution in [-0.2, 0) is 13.1 Å². The third-order valence-electron chi connectivity index (χ3n) is 9.35. The largest absolute Gasteiger partial charge is 0.497 e. The summed E-state index contributed by atoms with van der Waals surface area (Å²) in [5.74, 6) is 0.925. The van der Waals surface area contributed by atoms with Gasteiger partial charge < -0.3 is 14.4 Å². The first kappa shape index (κ1) is 24.4. The van der Waals surface area contributed by atoms with Crippen LogP contribution in [0.25, 0.3) is 22.2 Å². The van der Waals surface area contributed by atoms with E-state index in [9.17, 15) is 9.90 Å². The van der Waals surface area contributed by atoms with Gasteiger partial charge in [0.15, 0.2) is 0 Å². The quantitative estimate of drug-likeness (QED) is 0.305. The molecule has 2 aromatic carbocycles. The van der Waals surface area contributed by atoms with E-state index < -0.39 is 5.97 Å². The summed E-state index contributed by atoms with van der Waals surface area (Å²) in [4.78, 5) is 19.0. The Labute approximate surface area is 229 Å². The lowest BCUT2D eigenvalue weighted by atomic mass is 9.81. The highest BCUT2D eigenvalue weighted by molar-refractivity contribution is 5.98. The Morgan fingerprint density at radius 2 is 1.95 bits per heavy atom. The number of nitrogens with zero attached hydrogens (tertiary/aromatic N) is 3. The lowest BCUT2D eigenvalue weighted by molar-refractivity contribution is 0.0697. The molecule has 0 radical (unpaired) electrons. The highest BCUT2D eigenvalue weighted by Gasteiger charge is 2.41. The molecule has 6 nitrogen and oxygen atoms in total. The van der Waals surface area contributed by atoms with Crippen LogP contribution in [0.2, 0.25) is 0 Å². The minimum Gasteiger partial charge on any atom is -0.497 e. The second-order valence-corrected chi connectivity index (χ2v) is 11.5. The number of carboxylic acids is 1. The first-order chi connectivity index (χ1) is 19.1. The maximum Gasteiger partial charge on any atom is 0.335 e. The number of pyridine rings is 1. The molecule has 200 valence electrons. The van der Waals surface area contributed by atoms with E-state index in [-0.39, 0.29) is 6.04 Å².